The molecule has 2 saturated heterocycles. The van der Waals surface area contributed by atoms with Crippen LogP contribution in [0.1, 0.15) is 19.4 Å². The zero-order valence-electron chi connectivity index (χ0n) is 16.0. The second kappa shape index (κ2) is 8.11. The number of methoxy groups -OCH3 is 1. The highest BCUT2D eigenvalue weighted by Crippen LogP contribution is 2.27. The van der Waals surface area contributed by atoms with Gasteiger partial charge in [0.25, 0.3) is 0 Å². The Kier molecular flexibility index (Phi) is 6.05. The average molecular weight is 379 g/mol. The molecule has 0 amide bonds. The SMILES string of the molecule is COc1ccc(C=CCN2CCN(CC(C)C)[C@@H]3CS(=O)(=O)C[C@@H]32)cc1. The molecule has 0 saturated carbocycles. The third kappa shape index (κ3) is 4.67. The molecule has 1 aromatic rings. The molecule has 1 aromatic carbocycles. The summed E-state index contributed by atoms with van der Waals surface area (Å²) in [7, 11) is -1.27. The van der Waals surface area contributed by atoms with Crippen LogP contribution in [-0.4, -0.2) is 75.1 Å². The lowest BCUT2D eigenvalue weighted by molar-refractivity contribution is 0.0458. The van der Waals surface area contributed by atoms with E-state index in [-0.39, 0.29) is 12.1 Å². The number of hydrogen-bond acceptors (Lipinski definition) is 5. The summed E-state index contributed by atoms with van der Waals surface area (Å²) < 4.78 is 29.7. The molecule has 2 fully saturated rings. The molecule has 0 aromatic heterocycles. The normalized spacial score (nSPS) is 26.5. The van der Waals surface area contributed by atoms with Crippen molar-refractivity contribution in [3.63, 3.8) is 0 Å². The third-order valence-electron chi connectivity index (χ3n) is 5.27. The second-order valence-electron chi connectivity index (χ2n) is 7.77. The molecule has 2 aliphatic rings. The minimum absolute atomic E-state index is 0.119. The minimum Gasteiger partial charge on any atom is -0.497 e. The molecule has 0 radical (unpaired) electrons. The first-order chi connectivity index (χ1) is 12.4. The fraction of sp³-hybridized carbons (Fsp3) is 0.600. The van der Waals surface area contributed by atoms with Crippen molar-refractivity contribution in [1.29, 1.82) is 0 Å². The van der Waals surface area contributed by atoms with Crippen LogP contribution in [0, 0.1) is 5.92 Å². The third-order valence-corrected chi connectivity index (χ3v) is 6.97. The van der Waals surface area contributed by atoms with Gasteiger partial charge >= 0.3 is 0 Å². The number of sulfone groups is 1. The van der Waals surface area contributed by atoms with E-state index in [0.717, 1.165) is 37.5 Å². The van der Waals surface area contributed by atoms with E-state index in [4.69, 9.17) is 4.74 Å². The summed E-state index contributed by atoms with van der Waals surface area (Å²) in [6.07, 6.45) is 4.24. The van der Waals surface area contributed by atoms with Gasteiger partial charge in [0.05, 0.1) is 18.6 Å². The van der Waals surface area contributed by atoms with Crippen LogP contribution in [-0.2, 0) is 9.84 Å². The van der Waals surface area contributed by atoms with Gasteiger partial charge < -0.3 is 4.74 Å². The van der Waals surface area contributed by atoms with E-state index in [1.165, 1.54) is 0 Å². The molecular weight excluding hydrogens is 348 g/mol. The van der Waals surface area contributed by atoms with Crippen molar-refractivity contribution in [3.05, 3.63) is 35.9 Å². The smallest absolute Gasteiger partial charge is 0.153 e. The molecule has 3 rings (SSSR count). The summed E-state index contributed by atoms with van der Waals surface area (Å²) in [5, 5.41) is 0. The zero-order valence-corrected chi connectivity index (χ0v) is 16.8. The highest BCUT2D eigenvalue weighted by molar-refractivity contribution is 7.91. The molecule has 0 unspecified atom stereocenters. The summed E-state index contributed by atoms with van der Waals surface area (Å²) >= 11 is 0. The van der Waals surface area contributed by atoms with E-state index >= 15 is 0 Å². The minimum atomic E-state index is -2.94. The number of nitrogens with zero attached hydrogens (tertiary/aromatic N) is 2. The first-order valence-electron chi connectivity index (χ1n) is 9.37. The summed E-state index contributed by atoms with van der Waals surface area (Å²) in [6, 6.07) is 8.21. The standard InChI is InChI=1S/C20H30N2O3S/c1-16(2)13-22-12-11-21(19-14-26(23,24)15-20(19)22)10-4-5-17-6-8-18(25-3)9-7-17/h4-9,16,19-20H,10-15H2,1-3H3/t19-,20+/m0/s1. The zero-order chi connectivity index (χ0) is 18.7. The average Bonchev–Trinajstić information content (AvgIpc) is 2.93. The molecule has 5 nitrogen and oxygen atoms in total. The van der Waals surface area contributed by atoms with Crippen molar-refractivity contribution in [3.8, 4) is 5.75 Å². The number of ether oxygens (including phenoxy) is 1. The Morgan fingerprint density at radius 1 is 1.12 bits per heavy atom. The van der Waals surface area contributed by atoms with Gasteiger partial charge in [0.1, 0.15) is 5.75 Å². The molecule has 0 spiro atoms. The summed E-state index contributed by atoms with van der Waals surface area (Å²) in [4.78, 5) is 4.73. The molecule has 2 aliphatic heterocycles. The fourth-order valence-corrected chi connectivity index (χ4v) is 6.10. The molecule has 2 heterocycles. The van der Waals surface area contributed by atoms with Crippen LogP contribution < -0.4 is 4.74 Å². The first kappa shape index (κ1) is 19.4. The Balaban J connectivity index is 1.65. The quantitative estimate of drug-likeness (QED) is 0.759. The molecule has 2 atom stereocenters. The predicted molar refractivity (Wildman–Crippen MR) is 106 cm³/mol. The highest BCUT2D eigenvalue weighted by Gasteiger charge is 2.46. The number of fused-ring (bicyclic) bond motifs is 1. The lowest BCUT2D eigenvalue weighted by Crippen LogP contribution is -2.59. The monoisotopic (exact) mass is 378 g/mol. The van der Waals surface area contributed by atoms with Gasteiger partial charge in [-0.25, -0.2) is 8.42 Å². The van der Waals surface area contributed by atoms with Crippen molar-refractivity contribution in [2.75, 3.05) is 44.8 Å². The fourth-order valence-electron chi connectivity index (χ4n) is 4.06. The van der Waals surface area contributed by atoms with Crippen molar-refractivity contribution in [1.82, 2.24) is 9.80 Å². The first-order valence-corrected chi connectivity index (χ1v) is 11.2. The Hall–Kier alpha value is -1.37. The van der Waals surface area contributed by atoms with Crippen LogP contribution in [0.25, 0.3) is 6.08 Å². The van der Waals surface area contributed by atoms with Gasteiger partial charge in [-0.05, 0) is 23.6 Å². The molecule has 0 bridgehead atoms. The van der Waals surface area contributed by atoms with Crippen LogP contribution in [0.15, 0.2) is 30.3 Å². The number of piperazine rings is 1. The van der Waals surface area contributed by atoms with E-state index in [9.17, 15) is 8.42 Å². The van der Waals surface area contributed by atoms with E-state index in [2.05, 4.69) is 35.8 Å². The number of hydrogen-bond donors (Lipinski definition) is 0. The summed E-state index contributed by atoms with van der Waals surface area (Å²) in [5.41, 5.74) is 1.12. The van der Waals surface area contributed by atoms with Crippen molar-refractivity contribution in [2.45, 2.75) is 25.9 Å². The van der Waals surface area contributed by atoms with Crippen LogP contribution in [0.2, 0.25) is 0 Å². The number of benzene rings is 1. The largest absolute Gasteiger partial charge is 0.497 e. The summed E-state index contributed by atoms with van der Waals surface area (Å²) in [6.45, 7) is 8.04. The molecular formula is C20H30N2O3S. The van der Waals surface area contributed by atoms with Gasteiger partial charge in [0, 0.05) is 38.3 Å². The Bertz CT molecular complexity index is 728. The molecule has 26 heavy (non-hydrogen) atoms. The molecule has 6 heteroatoms. The molecule has 0 aliphatic carbocycles. The summed E-state index contributed by atoms with van der Waals surface area (Å²) in [5.74, 6) is 2.01. The maximum Gasteiger partial charge on any atom is 0.153 e. The van der Waals surface area contributed by atoms with Gasteiger partial charge in [0.2, 0.25) is 0 Å². The maximum atomic E-state index is 12.2. The lowest BCUT2D eigenvalue weighted by Gasteiger charge is -2.44. The van der Waals surface area contributed by atoms with Gasteiger partial charge in [0.15, 0.2) is 9.84 Å². The number of rotatable bonds is 6. The van der Waals surface area contributed by atoms with Gasteiger partial charge in [-0.2, -0.15) is 0 Å². The van der Waals surface area contributed by atoms with Crippen molar-refractivity contribution < 1.29 is 13.2 Å². The van der Waals surface area contributed by atoms with E-state index in [1.807, 2.05) is 24.3 Å². The molecule has 144 valence electrons. The van der Waals surface area contributed by atoms with E-state index < -0.39 is 9.84 Å². The predicted octanol–water partition coefficient (Wildman–Crippen LogP) is 2.15. The Labute approximate surface area is 157 Å². The van der Waals surface area contributed by atoms with Gasteiger partial charge in [-0.3, -0.25) is 9.80 Å². The van der Waals surface area contributed by atoms with Crippen LogP contribution in [0.4, 0.5) is 0 Å². The topological polar surface area (TPSA) is 49.9 Å². The van der Waals surface area contributed by atoms with Crippen LogP contribution in [0.5, 0.6) is 5.75 Å². The Morgan fingerprint density at radius 2 is 1.73 bits per heavy atom. The van der Waals surface area contributed by atoms with Crippen molar-refractivity contribution >= 4 is 15.9 Å². The van der Waals surface area contributed by atoms with E-state index in [0.29, 0.717) is 17.4 Å². The van der Waals surface area contributed by atoms with Crippen LogP contribution in [0.3, 0.4) is 0 Å². The maximum absolute atomic E-state index is 12.2. The van der Waals surface area contributed by atoms with Crippen LogP contribution >= 0.6 is 0 Å². The van der Waals surface area contributed by atoms with Gasteiger partial charge in [-0.1, -0.05) is 38.1 Å². The van der Waals surface area contributed by atoms with E-state index in [1.54, 1.807) is 7.11 Å². The lowest BCUT2D eigenvalue weighted by atomic mass is 10.0. The highest BCUT2D eigenvalue weighted by atomic mass is 32.2. The second-order valence-corrected chi connectivity index (χ2v) is 9.92. The van der Waals surface area contributed by atoms with Crippen molar-refractivity contribution in [2.24, 2.45) is 5.92 Å². The van der Waals surface area contributed by atoms with Gasteiger partial charge in [-0.15, -0.1) is 0 Å². The molecule has 0 N–H and O–H groups in total. The Morgan fingerprint density at radius 3 is 2.35 bits per heavy atom.